The number of thiophene rings is 1. The molecule has 1 aromatic heterocycles. The zero-order valence-corrected chi connectivity index (χ0v) is 30.4. The third-order valence-corrected chi connectivity index (χ3v) is 11.7. The zero-order valence-electron chi connectivity index (χ0n) is 29.6. The predicted octanol–water partition coefficient (Wildman–Crippen LogP) is 15.3. The minimum atomic E-state index is 1.12. The van der Waals surface area contributed by atoms with Crippen LogP contribution in [-0.4, -0.2) is 0 Å². The number of benzene rings is 9. The molecule has 2 heteroatoms. The van der Waals surface area contributed by atoms with Gasteiger partial charge in [0.1, 0.15) is 0 Å². The molecule has 0 aliphatic rings. The van der Waals surface area contributed by atoms with Gasteiger partial charge in [0.2, 0.25) is 0 Å². The van der Waals surface area contributed by atoms with Gasteiger partial charge in [0.05, 0.1) is 10.4 Å². The maximum Gasteiger partial charge on any atom is 0.0646 e. The van der Waals surface area contributed by atoms with Crippen molar-refractivity contribution < 1.29 is 0 Å². The lowest BCUT2D eigenvalue weighted by Gasteiger charge is -2.27. The van der Waals surface area contributed by atoms with Crippen molar-refractivity contribution in [2.75, 3.05) is 4.90 Å². The molecular formula is C52H35NS. The van der Waals surface area contributed by atoms with E-state index in [0.29, 0.717) is 0 Å². The van der Waals surface area contributed by atoms with E-state index in [4.69, 9.17) is 0 Å². The Balaban J connectivity index is 1.15. The molecule has 0 N–H and O–H groups in total. The first-order valence-electron chi connectivity index (χ1n) is 18.4. The summed E-state index contributed by atoms with van der Waals surface area (Å²) in [5, 5.41) is 5.09. The van der Waals surface area contributed by atoms with Gasteiger partial charge in [0.15, 0.2) is 0 Å². The summed E-state index contributed by atoms with van der Waals surface area (Å²) < 4.78 is 2.56. The van der Waals surface area contributed by atoms with Crippen molar-refractivity contribution in [3.8, 4) is 44.5 Å². The summed E-state index contributed by atoms with van der Waals surface area (Å²) in [5.74, 6) is 0. The van der Waals surface area contributed by atoms with Crippen LogP contribution in [-0.2, 0) is 0 Å². The van der Waals surface area contributed by atoms with Gasteiger partial charge in [0.25, 0.3) is 0 Å². The molecule has 0 saturated heterocycles. The molecule has 0 radical (unpaired) electrons. The molecule has 0 spiro atoms. The lowest BCUT2D eigenvalue weighted by atomic mass is 9.97. The average molecular weight is 706 g/mol. The highest BCUT2D eigenvalue weighted by atomic mass is 32.1. The molecule has 9 aromatic carbocycles. The van der Waals surface area contributed by atoms with Crippen molar-refractivity contribution in [3.63, 3.8) is 0 Å². The van der Waals surface area contributed by atoms with E-state index in [0.717, 1.165) is 11.4 Å². The van der Waals surface area contributed by atoms with Gasteiger partial charge in [0, 0.05) is 26.8 Å². The number of nitrogens with zero attached hydrogens (tertiary/aromatic N) is 1. The van der Waals surface area contributed by atoms with E-state index >= 15 is 0 Å². The Morgan fingerprint density at radius 3 is 1.24 bits per heavy atom. The van der Waals surface area contributed by atoms with E-state index in [-0.39, 0.29) is 0 Å². The molecule has 0 amide bonds. The Bertz CT molecular complexity index is 2790. The highest BCUT2D eigenvalue weighted by Crippen LogP contribution is 2.49. The van der Waals surface area contributed by atoms with Crippen LogP contribution < -0.4 is 4.90 Å². The van der Waals surface area contributed by atoms with Crippen molar-refractivity contribution in [1.82, 2.24) is 0 Å². The quantitative estimate of drug-likeness (QED) is 0.160. The second kappa shape index (κ2) is 13.7. The summed E-state index contributed by atoms with van der Waals surface area (Å²) in [5.41, 5.74) is 13.2. The van der Waals surface area contributed by atoms with E-state index in [1.54, 1.807) is 0 Å². The molecule has 0 fully saturated rings. The number of hydrogen-bond donors (Lipinski definition) is 0. The number of anilines is 3. The first kappa shape index (κ1) is 32.0. The number of rotatable bonds is 7. The lowest BCUT2D eigenvalue weighted by Crippen LogP contribution is -2.10. The average Bonchev–Trinajstić information content (AvgIpc) is 3.65. The van der Waals surface area contributed by atoms with Crippen LogP contribution in [0.25, 0.3) is 75.5 Å². The second-order valence-electron chi connectivity index (χ2n) is 13.7. The molecule has 0 atom stereocenters. The van der Waals surface area contributed by atoms with Gasteiger partial charge in [-0.3, -0.25) is 0 Å². The largest absolute Gasteiger partial charge is 0.309 e. The Morgan fingerprint density at radius 1 is 0.315 bits per heavy atom. The minimum Gasteiger partial charge on any atom is -0.309 e. The highest BCUT2D eigenvalue weighted by molar-refractivity contribution is 7.26. The summed E-state index contributed by atoms with van der Waals surface area (Å²) in [4.78, 5) is 2.44. The van der Waals surface area contributed by atoms with Crippen molar-refractivity contribution in [3.05, 3.63) is 212 Å². The normalized spacial score (nSPS) is 11.3. The first-order valence-corrected chi connectivity index (χ1v) is 19.2. The number of fused-ring (bicyclic) bond motifs is 5. The molecule has 0 aliphatic carbocycles. The van der Waals surface area contributed by atoms with E-state index in [1.165, 1.54) is 81.1 Å². The number of hydrogen-bond acceptors (Lipinski definition) is 2. The van der Waals surface area contributed by atoms with Crippen molar-refractivity contribution in [1.29, 1.82) is 0 Å². The lowest BCUT2D eigenvalue weighted by molar-refractivity contribution is 1.30. The highest BCUT2D eigenvalue weighted by Gasteiger charge is 2.21. The molecule has 10 aromatic rings. The summed E-state index contributed by atoms with van der Waals surface area (Å²) in [6, 6.07) is 77.0. The van der Waals surface area contributed by atoms with E-state index < -0.39 is 0 Å². The minimum absolute atomic E-state index is 1.12. The van der Waals surface area contributed by atoms with Crippen LogP contribution in [0.1, 0.15) is 0 Å². The first-order chi connectivity index (χ1) is 26.8. The van der Waals surface area contributed by atoms with Gasteiger partial charge in [-0.05, 0) is 97.7 Å². The molecule has 0 aliphatic heterocycles. The van der Waals surface area contributed by atoms with Gasteiger partial charge in [-0.2, -0.15) is 0 Å². The molecule has 1 nitrogen and oxygen atoms in total. The molecule has 1 heterocycles. The summed E-state index contributed by atoms with van der Waals surface area (Å²) >= 11 is 1.88. The molecule has 254 valence electrons. The topological polar surface area (TPSA) is 3.24 Å². The second-order valence-corrected chi connectivity index (χ2v) is 14.8. The Kier molecular flexibility index (Phi) is 8.09. The van der Waals surface area contributed by atoms with Crippen LogP contribution in [0.2, 0.25) is 0 Å². The van der Waals surface area contributed by atoms with Crippen molar-refractivity contribution in [2.45, 2.75) is 0 Å². The Labute approximate surface area is 319 Å². The molecule has 0 saturated carbocycles. The summed E-state index contributed by atoms with van der Waals surface area (Å²) in [6.07, 6.45) is 0. The molecular weight excluding hydrogens is 671 g/mol. The van der Waals surface area contributed by atoms with Crippen LogP contribution in [0.4, 0.5) is 17.1 Å². The van der Waals surface area contributed by atoms with Gasteiger partial charge in [-0.25, -0.2) is 0 Å². The van der Waals surface area contributed by atoms with Crippen LogP contribution >= 0.6 is 11.3 Å². The monoisotopic (exact) mass is 705 g/mol. The van der Waals surface area contributed by atoms with Gasteiger partial charge >= 0.3 is 0 Å². The SMILES string of the molecule is c1ccc(-c2ccc(-c3ccc4sc5c(N(c6ccc(-c7ccccc7)cc6)c6ccc(-c7ccccc7)cc6)cc6ccccc6c5c4c3)cc2)cc1. The van der Waals surface area contributed by atoms with Gasteiger partial charge in [-0.15, -0.1) is 11.3 Å². The van der Waals surface area contributed by atoms with E-state index in [1.807, 2.05) is 11.3 Å². The van der Waals surface area contributed by atoms with Crippen molar-refractivity contribution >= 4 is 59.3 Å². The van der Waals surface area contributed by atoms with E-state index in [2.05, 4.69) is 217 Å². The zero-order chi connectivity index (χ0) is 35.8. The Hall–Kier alpha value is -6.74. The maximum atomic E-state index is 2.44. The van der Waals surface area contributed by atoms with Crippen LogP contribution in [0.15, 0.2) is 212 Å². The van der Waals surface area contributed by atoms with Gasteiger partial charge in [-0.1, -0.05) is 170 Å². The fraction of sp³-hybridized carbons (Fsp3) is 0. The van der Waals surface area contributed by atoms with Crippen LogP contribution in [0.5, 0.6) is 0 Å². The molecule has 10 rings (SSSR count). The third kappa shape index (κ3) is 5.84. The summed E-state index contributed by atoms with van der Waals surface area (Å²) in [6.45, 7) is 0. The molecule has 54 heavy (non-hydrogen) atoms. The maximum absolute atomic E-state index is 2.44. The molecule has 0 unspecified atom stereocenters. The van der Waals surface area contributed by atoms with Crippen molar-refractivity contribution in [2.24, 2.45) is 0 Å². The van der Waals surface area contributed by atoms with Crippen LogP contribution in [0, 0.1) is 0 Å². The van der Waals surface area contributed by atoms with Gasteiger partial charge < -0.3 is 4.90 Å². The third-order valence-electron chi connectivity index (χ3n) is 10.5. The van der Waals surface area contributed by atoms with E-state index in [9.17, 15) is 0 Å². The fourth-order valence-electron chi connectivity index (χ4n) is 7.73. The standard InChI is InChI=1S/C52H35NS/c1-4-12-36(13-5-1)39-20-22-42(23-21-39)43-28-33-50-48(34-43)51-47-19-11-10-18-44(47)35-49(52(51)54-50)53(45-29-24-40(25-30-45)37-14-6-2-7-15-37)46-31-26-41(27-32-46)38-16-8-3-9-17-38/h1-35H. The fourth-order valence-corrected chi connectivity index (χ4v) is 8.94. The smallest absolute Gasteiger partial charge is 0.0646 e. The van der Waals surface area contributed by atoms with Crippen LogP contribution in [0.3, 0.4) is 0 Å². The predicted molar refractivity (Wildman–Crippen MR) is 233 cm³/mol. The summed E-state index contributed by atoms with van der Waals surface area (Å²) in [7, 11) is 0. The molecule has 0 bridgehead atoms. The Morgan fingerprint density at radius 2 is 0.722 bits per heavy atom.